The first-order valence-electron chi connectivity index (χ1n) is 5.23. The van der Waals surface area contributed by atoms with Gasteiger partial charge in [0.1, 0.15) is 5.78 Å². The topological polar surface area (TPSA) is 37.3 Å². The Balaban J connectivity index is 2.28. The summed E-state index contributed by atoms with van der Waals surface area (Å²) in [5.74, 6) is 0.779. The maximum absolute atomic E-state index is 11.7. The lowest BCUT2D eigenvalue weighted by molar-refractivity contribution is -0.123. The third kappa shape index (κ3) is 1.32. The van der Waals surface area contributed by atoms with Gasteiger partial charge in [0.25, 0.3) is 0 Å². The number of fused-ring (bicyclic) bond motifs is 1. The number of aliphatic hydroxyl groups is 1. The molecule has 0 amide bonds. The van der Waals surface area contributed by atoms with Crippen molar-refractivity contribution in [1.82, 2.24) is 0 Å². The number of hydrogen-bond donors (Lipinski definition) is 1. The maximum atomic E-state index is 11.7. The molecule has 2 aliphatic carbocycles. The molecule has 0 aromatic carbocycles. The summed E-state index contributed by atoms with van der Waals surface area (Å²) in [6.45, 7) is 4.23. The number of carbonyl (C=O) groups excluding carboxylic acids is 1. The van der Waals surface area contributed by atoms with E-state index in [-0.39, 0.29) is 23.4 Å². The van der Waals surface area contributed by atoms with Crippen molar-refractivity contribution in [1.29, 1.82) is 0 Å². The quantitative estimate of drug-likeness (QED) is 0.620. The molecule has 0 spiro atoms. The van der Waals surface area contributed by atoms with Crippen LogP contribution in [0.4, 0.5) is 0 Å². The van der Waals surface area contributed by atoms with Crippen LogP contribution in [-0.4, -0.2) is 17.0 Å². The van der Waals surface area contributed by atoms with Crippen LogP contribution in [0.15, 0.2) is 0 Å². The molecule has 2 rings (SSSR count). The van der Waals surface area contributed by atoms with E-state index in [4.69, 9.17) is 0 Å². The van der Waals surface area contributed by atoms with E-state index >= 15 is 0 Å². The molecule has 74 valence electrons. The summed E-state index contributed by atoms with van der Waals surface area (Å²) in [6, 6.07) is 0. The van der Waals surface area contributed by atoms with Crippen molar-refractivity contribution >= 4 is 5.78 Å². The zero-order valence-electron chi connectivity index (χ0n) is 8.42. The standard InChI is InChI=1S/C11H18O2/c1-11(2)6-9(13)7-4-3-5-8(12)10(7)11/h7-8,10,12H,3-6H2,1-2H3. The molecule has 2 aliphatic rings. The van der Waals surface area contributed by atoms with Gasteiger partial charge in [0, 0.05) is 18.3 Å². The van der Waals surface area contributed by atoms with Crippen LogP contribution in [0, 0.1) is 17.3 Å². The first kappa shape index (κ1) is 9.20. The molecule has 3 unspecified atom stereocenters. The van der Waals surface area contributed by atoms with Crippen molar-refractivity contribution in [2.45, 2.75) is 45.6 Å². The van der Waals surface area contributed by atoms with Gasteiger partial charge in [-0.3, -0.25) is 4.79 Å². The third-order valence-electron chi connectivity index (χ3n) is 3.81. The molecule has 0 bridgehead atoms. The Morgan fingerprint density at radius 2 is 2.08 bits per heavy atom. The third-order valence-corrected chi connectivity index (χ3v) is 3.81. The Morgan fingerprint density at radius 1 is 1.38 bits per heavy atom. The van der Waals surface area contributed by atoms with Gasteiger partial charge in [-0.25, -0.2) is 0 Å². The molecule has 1 N–H and O–H groups in total. The highest BCUT2D eigenvalue weighted by atomic mass is 16.3. The average Bonchev–Trinajstić information content (AvgIpc) is 2.24. The molecule has 13 heavy (non-hydrogen) atoms. The van der Waals surface area contributed by atoms with E-state index in [1.807, 2.05) is 0 Å². The summed E-state index contributed by atoms with van der Waals surface area (Å²) in [5.41, 5.74) is 0.0294. The van der Waals surface area contributed by atoms with E-state index in [0.29, 0.717) is 12.2 Å². The van der Waals surface area contributed by atoms with Gasteiger partial charge in [-0.05, 0) is 18.3 Å². The Morgan fingerprint density at radius 3 is 2.69 bits per heavy atom. The van der Waals surface area contributed by atoms with Gasteiger partial charge in [-0.1, -0.05) is 20.3 Å². The second-order valence-corrected chi connectivity index (χ2v) is 5.26. The highest BCUT2D eigenvalue weighted by molar-refractivity contribution is 5.84. The molecule has 0 saturated heterocycles. The summed E-state index contributed by atoms with van der Waals surface area (Å²) in [5, 5.41) is 9.88. The molecule has 2 heteroatoms. The molecule has 0 heterocycles. The number of Topliss-reactive ketones (excluding diaryl/α,β-unsaturated/α-hetero) is 1. The normalized spacial score (nSPS) is 43.3. The van der Waals surface area contributed by atoms with Crippen LogP contribution in [0.2, 0.25) is 0 Å². The Labute approximate surface area is 79.3 Å². The summed E-state index contributed by atoms with van der Waals surface area (Å²) in [4.78, 5) is 11.7. The molecule has 0 aromatic heterocycles. The Bertz CT molecular complexity index is 232. The predicted octanol–water partition coefficient (Wildman–Crippen LogP) is 1.76. The molecule has 0 radical (unpaired) electrons. The summed E-state index contributed by atoms with van der Waals surface area (Å²) in [6.07, 6.45) is 3.34. The highest BCUT2D eigenvalue weighted by Crippen LogP contribution is 2.50. The fraction of sp³-hybridized carbons (Fsp3) is 0.909. The average molecular weight is 182 g/mol. The lowest BCUT2D eigenvalue weighted by Gasteiger charge is -2.37. The van der Waals surface area contributed by atoms with E-state index in [1.54, 1.807) is 0 Å². The molecule has 2 fully saturated rings. The van der Waals surface area contributed by atoms with Gasteiger partial charge in [0.15, 0.2) is 0 Å². The van der Waals surface area contributed by atoms with Crippen molar-refractivity contribution in [2.75, 3.05) is 0 Å². The monoisotopic (exact) mass is 182 g/mol. The first-order valence-corrected chi connectivity index (χ1v) is 5.23. The van der Waals surface area contributed by atoms with E-state index in [0.717, 1.165) is 19.3 Å². The van der Waals surface area contributed by atoms with Crippen molar-refractivity contribution in [3.8, 4) is 0 Å². The van der Waals surface area contributed by atoms with Gasteiger partial charge in [0.2, 0.25) is 0 Å². The van der Waals surface area contributed by atoms with Crippen LogP contribution < -0.4 is 0 Å². The summed E-state index contributed by atoms with van der Waals surface area (Å²) >= 11 is 0. The largest absolute Gasteiger partial charge is 0.393 e. The van der Waals surface area contributed by atoms with Crippen molar-refractivity contribution in [3.05, 3.63) is 0 Å². The number of ketones is 1. The lowest BCUT2D eigenvalue weighted by Crippen LogP contribution is -2.37. The van der Waals surface area contributed by atoms with Crippen LogP contribution in [0.1, 0.15) is 39.5 Å². The fourth-order valence-corrected chi connectivity index (χ4v) is 3.30. The SMILES string of the molecule is CC1(C)CC(=O)C2CCCC(O)C21. The molecule has 0 aliphatic heterocycles. The number of hydrogen-bond acceptors (Lipinski definition) is 2. The maximum Gasteiger partial charge on any atom is 0.136 e. The minimum absolute atomic E-state index is 0.0294. The summed E-state index contributed by atoms with van der Waals surface area (Å²) in [7, 11) is 0. The van der Waals surface area contributed by atoms with Crippen LogP contribution in [0.3, 0.4) is 0 Å². The fourth-order valence-electron chi connectivity index (χ4n) is 3.30. The van der Waals surface area contributed by atoms with Crippen LogP contribution in [0.25, 0.3) is 0 Å². The minimum Gasteiger partial charge on any atom is -0.393 e. The van der Waals surface area contributed by atoms with Gasteiger partial charge >= 0.3 is 0 Å². The molecule has 2 saturated carbocycles. The zero-order chi connectivity index (χ0) is 9.64. The van der Waals surface area contributed by atoms with E-state index in [2.05, 4.69) is 13.8 Å². The van der Waals surface area contributed by atoms with Gasteiger partial charge in [0.05, 0.1) is 6.10 Å². The van der Waals surface area contributed by atoms with Crippen LogP contribution in [-0.2, 0) is 4.79 Å². The van der Waals surface area contributed by atoms with Crippen molar-refractivity contribution < 1.29 is 9.90 Å². The minimum atomic E-state index is -0.236. The van der Waals surface area contributed by atoms with Gasteiger partial charge in [-0.2, -0.15) is 0 Å². The second-order valence-electron chi connectivity index (χ2n) is 5.26. The van der Waals surface area contributed by atoms with Crippen LogP contribution >= 0.6 is 0 Å². The molecular weight excluding hydrogens is 164 g/mol. The Hall–Kier alpha value is -0.370. The van der Waals surface area contributed by atoms with Crippen molar-refractivity contribution in [3.63, 3.8) is 0 Å². The van der Waals surface area contributed by atoms with Gasteiger partial charge < -0.3 is 5.11 Å². The molecule has 2 nitrogen and oxygen atoms in total. The first-order chi connectivity index (χ1) is 6.02. The van der Waals surface area contributed by atoms with Crippen molar-refractivity contribution in [2.24, 2.45) is 17.3 Å². The van der Waals surface area contributed by atoms with E-state index in [9.17, 15) is 9.90 Å². The molecule has 3 atom stereocenters. The number of rotatable bonds is 0. The van der Waals surface area contributed by atoms with Crippen LogP contribution in [0.5, 0.6) is 0 Å². The number of carbonyl (C=O) groups is 1. The van der Waals surface area contributed by atoms with E-state index in [1.165, 1.54) is 0 Å². The Kier molecular flexibility index (Phi) is 1.99. The lowest BCUT2D eigenvalue weighted by atomic mass is 9.70. The summed E-state index contributed by atoms with van der Waals surface area (Å²) < 4.78 is 0. The highest BCUT2D eigenvalue weighted by Gasteiger charge is 2.51. The molecule has 0 aromatic rings. The smallest absolute Gasteiger partial charge is 0.136 e. The van der Waals surface area contributed by atoms with E-state index < -0.39 is 0 Å². The number of aliphatic hydroxyl groups excluding tert-OH is 1. The second kappa shape index (κ2) is 2.81. The van der Waals surface area contributed by atoms with Gasteiger partial charge in [-0.15, -0.1) is 0 Å². The molecular formula is C11H18O2. The predicted molar refractivity (Wildman–Crippen MR) is 50.2 cm³/mol. The zero-order valence-corrected chi connectivity index (χ0v) is 8.42.